The summed E-state index contributed by atoms with van der Waals surface area (Å²) in [5.74, 6) is -1.73. The fourth-order valence-electron chi connectivity index (χ4n) is 1.79. The minimum absolute atomic E-state index is 0.146. The van der Waals surface area contributed by atoms with Crippen molar-refractivity contribution >= 4 is 17.8 Å². The number of benzene rings is 1. The minimum atomic E-state index is -0.734. The summed E-state index contributed by atoms with van der Waals surface area (Å²) in [5.41, 5.74) is 0.518. The lowest BCUT2D eigenvalue weighted by Gasteiger charge is -2.06. The molecular weight excluding hydrogens is 285 g/mol. The number of rotatable bonds is 5. The number of nitrogens with zero attached hydrogens (tertiary/aromatic N) is 1. The summed E-state index contributed by atoms with van der Waals surface area (Å²) in [6.45, 7) is 1.80. The Hall–Kier alpha value is -2.82. The molecule has 0 radical (unpaired) electrons. The SMILES string of the molecule is CCOC(=O)C(=Cc1ccccn1)C(=O)c1ccc(F)cc1. The molecule has 0 saturated heterocycles. The van der Waals surface area contributed by atoms with Gasteiger partial charge in [-0.2, -0.15) is 0 Å². The molecule has 0 aliphatic heterocycles. The molecule has 1 heterocycles. The van der Waals surface area contributed by atoms with E-state index in [0.717, 1.165) is 12.1 Å². The van der Waals surface area contributed by atoms with Crippen LogP contribution >= 0.6 is 0 Å². The average molecular weight is 299 g/mol. The Morgan fingerprint density at radius 3 is 2.50 bits per heavy atom. The Kier molecular flexibility index (Phi) is 5.14. The lowest BCUT2D eigenvalue weighted by molar-refractivity contribution is -0.137. The number of aromatic nitrogens is 1. The van der Waals surface area contributed by atoms with Gasteiger partial charge in [0.1, 0.15) is 11.4 Å². The maximum atomic E-state index is 12.9. The van der Waals surface area contributed by atoms with Gasteiger partial charge in [0.2, 0.25) is 0 Å². The molecule has 22 heavy (non-hydrogen) atoms. The van der Waals surface area contributed by atoms with E-state index in [1.54, 1.807) is 31.3 Å². The van der Waals surface area contributed by atoms with E-state index in [1.807, 2.05) is 0 Å². The summed E-state index contributed by atoms with van der Waals surface area (Å²) < 4.78 is 17.9. The molecule has 0 spiro atoms. The van der Waals surface area contributed by atoms with Gasteiger partial charge < -0.3 is 4.74 Å². The van der Waals surface area contributed by atoms with Crippen molar-refractivity contribution in [1.29, 1.82) is 0 Å². The summed E-state index contributed by atoms with van der Waals surface area (Å²) in [4.78, 5) is 28.5. The van der Waals surface area contributed by atoms with E-state index in [4.69, 9.17) is 4.74 Å². The van der Waals surface area contributed by atoms with Gasteiger partial charge in [-0.25, -0.2) is 9.18 Å². The van der Waals surface area contributed by atoms with E-state index in [9.17, 15) is 14.0 Å². The highest BCUT2D eigenvalue weighted by Gasteiger charge is 2.21. The highest BCUT2D eigenvalue weighted by molar-refractivity contribution is 6.26. The van der Waals surface area contributed by atoms with Gasteiger partial charge in [-0.15, -0.1) is 0 Å². The molecule has 0 saturated carbocycles. The number of ketones is 1. The Morgan fingerprint density at radius 2 is 1.91 bits per heavy atom. The molecule has 112 valence electrons. The number of hydrogen-bond acceptors (Lipinski definition) is 4. The third-order valence-corrected chi connectivity index (χ3v) is 2.83. The molecule has 1 aromatic heterocycles. The number of hydrogen-bond donors (Lipinski definition) is 0. The van der Waals surface area contributed by atoms with E-state index in [-0.39, 0.29) is 17.7 Å². The van der Waals surface area contributed by atoms with Crippen LogP contribution in [0.5, 0.6) is 0 Å². The van der Waals surface area contributed by atoms with Crippen LogP contribution in [-0.2, 0) is 9.53 Å². The van der Waals surface area contributed by atoms with Gasteiger partial charge in [-0.05, 0) is 49.4 Å². The monoisotopic (exact) mass is 299 g/mol. The van der Waals surface area contributed by atoms with Crippen LogP contribution < -0.4 is 0 Å². The van der Waals surface area contributed by atoms with Gasteiger partial charge in [0.05, 0.1) is 12.3 Å². The van der Waals surface area contributed by atoms with Gasteiger partial charge in [0.25, 0.3) is 0 Å². The third kappa shape index (κ3) is 3.85. The largest absolute Gasteiger partial charge is 0.462 e. The fourth-order valence-corrected chi connectivity index (χ4v) is 1.79. The van der Waals surface area contributed by atoms with Crippen molar-refractivity contribution in [1.82, 2.24) is 4.98 Å². The summed E-state index contributed by atoms with van der Waals surface area (Å²) in [5, 5.41) is 0. The van der Waals surface area contributed by atoms with Crippen molar-refractivity contribution in [2.45, 2.75) is 6.92 Å². The standard InChI is InChI=1S/C17H14FNO3/c1-2-22-17(21)15(11-14-5-3-4-10-19-14)16(20)12-6-8-13(18)9-7-12/h3-11H,2H2,1H3. The molecule has 0 amide bonds. The Labute approximate surface area is 127 Å². The van der Waals surface area contributed by atoms with Crippen LogP contribution in [0.25, 0.3) is 6.08 Å². The molecule has 0 aliphatic rings. The van der Waals surface area contributed by atoms with Crippen LogP contribution in [0, 0.1) is 5.82 Å². The van der Waals surface area contributed by atoms with Crippen LogP contribution in [0.3, 0.4) is 0 Å². The van der Waals surface area contributed by atoms with E-state index in [1.165, 1.54) is 18.2 Å². The molecule has 0 N–H and O–H groups in total. The Balaban J connectivity index is 2.40. The number of esters is 1. The highest BCUT2D eigenvalue weighted by Crippen LogP contribution is 2.14. The zero-order valence-corrected chi connectivity index (χ0v) is 12.0. The van der Waals surface area contributed by atoms with E-state index in [0.29, 0.717) is 5.69 Å². The minimum Gasteiger partial charge on any atom is -0.462 e. The first kappa shape index (κ1) is 15.6. The predicted molar refractivity (Wildman–Crippen MR) is 79.6 cm³/mol. The number of halogens is 1. The summed E-state index contributed by atoms with van der Waals surface area (Å²) in [7, 11) is 0. The fraction of sp³-hybridized carbons (Fsp3) is 0.118. The zero-order chi connectivity index (χ0) is 15.9. The molecule has 0 bridgehead atoms. The quantitative estimate of drug-likeness (QED) is 0.280. The number of carbonyl (C=O) groups is 2. The topological polar surface area (TPSA) is 56.3 Å². The van der Waals surface area contributed by atoms with Gasteiger partial charge in [0.15, 0.2) is 5.78 Å². The maximum Gasteiger partial charge on any atom is 0.342 e. The molecule has 2 rings (SSSR count). The lowest BCUT2D eigenvalue weighted by atomic mass is 10.0. The third-order valence-electron chi connectivity index (χ3n) is 2.83. The van der Waals surface area contributed by atoms with Crippen molar-refractivity contribution in [3.05, 3.63) is 71.3 Å². The van der Waals surface area contributed by atoms with Crippen LogP contribution in [-0.4, -0.2) is 23.3 Å². The number of carbonyl (C=O) groups excluding carboxylic acids is 2. The average Bonchev–Trinajstić information content (AvgIpc) is 2.54. The van der Waals surface area contributed by atoms with Crippen molar-refractivity contribution in [2.24, 2.45) is 0 Å². The van der Waals surface area contributed by atoms with Gasteiger partial charge >= 0.3 is 5.97 Å². The summed E-state index contributed by atoms with van der Waals surface area (Å²) in [6.07, 6.45) is 2.92. The summed E-state index contributed by atoms with van der Waals surface area (Å²) >= 11 is 0. The van der Waals surface area contributed by atoms with Gasteiger partial charge in [-0.1, -0.05) is 6.07 Å². The molecule has 0 aliphatic carbocycles. The smallest absolute Gasteiger partial charge is 0.342 e. The Morgan fingerprint density at radius 1 is 1.18 bits per heavy atom. The molecule has 4 nitrogen and oxygen atoms in total. The summed E-state index contributed by atoms with van der Waals surface area (Å²) in [6, 6.07) is 10.1. The van der Waals surface area contributed by atoms with Crippen molar-refractivity contribution < 1.29 is 18.7 Å². The van der Waals surface area contributed by atoms with Crippen LogP contribution in [0.4, 0.5) is 4.39 Å². The predicted octanol–water partition coefficient (Wildman–Crippen LogP) is 3.05. The van der Waals surface area contributed by atoms with Crippen molar-refractivity contribution in [2.75, 3.05) is 6.61 Å². The first-order valence-electron chi connectivity index (χ1n) is 6.72. The Bertz CT molecular complexity index is 694. The number of Topliss-reactive ketones (excluding diaryl/α,β-unsaturated/α-hetero) is 1. The van der Waals surface area contributed by atoms with Crippen LogP contribution in [0.2, 0.25) is 0 Å². The van der Waals surface area contributed by atoms with Crippen molar-refractivity contribution in [3.8, 4) is 0 Å². The molecule has 5 heteroatoms. The van der Waals surface area contributed by atoms with Gasteiger partial charge in [0, 0.05) is 11.8 Å². The normalized spacial score (nSPS) is 11.1. The maximum absolute atomic E-state index is 12.9. The lowest BCUT2D eigenvalue weighted by Crippen LogP contribution is -2.16. The molecule has 2 aromatic rings. The number of ether oxygens (including phenoxy) is 1. The highest BCUT2D eigenvalue weighted by atomic mass is 19.1. The molecule has 0 unspecified atom stereocenters. The molecule has 0 atom stereocenters. The first-order chi connectivity index (χ1) is 10.6. The number of pyridine rings is 1. The second-order valence-corrected chi connectivity index (χ2v) is 4.37. The second kappa shape index (κ2) is 7.26. The first-order valence-corrected chi connectivity index (χ1v) is 6.72. The van der Waals surface area contributed by atoms with Crippen LogP contribution in [0.1, 0.15) is 23.0 Å². The van der Waals surface area contributed by atoms with E-state index >= 15 is 0 Å². The van der Waals surface area contributed by atoms with E-state index in [2.05, 4.69) is 4.98 Å². The van der Waals surface area contributed by atoms with Crippen LogP contribution in [0.15, 0.2) is 54.2 Å². The van der Waals surface area contributed by atoms with E-state index < -0.39 is 17.6 Å². The molecule has 1 aromatic carbocycles. The van der Waals surface area contributed by atoms with Gasteiger partial charge in [-0.3, -0.25) is 9.78 Å². The zero-order valence-electron chi connectivity index (χ0n) is 12.0. The van der Waals surface area contributed by atoms with Crippen molar-refractivity contribution in [3.63, 3.8) is 0 Å². The molecule has 0 fully saturated rings. The molecular formula is C17H14FNO3. The second-order valence-electron chi connectivity index (χ2n) is 4.37.